The third-order valence-electron chi connectivity index (χ3n) is 6.48. The molecular formula is C29H47N5O5S2. The third-order valence-corrected chi connectivity index (χ3v) is 8.18. The van der Waals surface area contributed by atoms with Crippen LogP contribution in [0.15, 0.2) is 30.3 Å². The predicted octanol–water partition coefficient (Wildman–Crippen LogP) is 2.21. The van der Waals surface area contributed by atoms with Crippen molar-refractivity contribution in [3.63, 3.8) is 0 Å². The molecule has 230 valence electrons. The van der Waals surface area contributed by atoms with Crippen molar-refractivity contribution in [3.05, 3.63) is 35.9 Å². The van der Waals surface area contributed by atoms with Crippen LogP contribution in [0.5, 0.6) is 0 Å². The quantitative estimate of drug-likeness (QED) is 0.150. The van der Waals surface area contributed by atoms with Crippen LogP contribution < -0.4 is 27.0 Å². The molecule has 0 spiro atoms. The first-order chi connectivity index (χ1) is 19.4. The van der Waals surface area contributed by atoms with Crippen LogP contribution in [0.4, 0.5) is 0 Å². The lowest BCUT2D eigenvalue weighted by Crippen LogP contribution is -2.59. The number of amides is 5. The van der Waals surface area contributed by atoms with Crippen molar-refractivity contribution in [2.24, 2.45) is 17.6 Å². The van der Waals surface area contributed by atoms with E-state index in [0.29, 0.717) is 24.3 Å². The summed E-state index contributed by atoms with van der Waals surface area (Å²) in [4.78, 5) is 63.5. The minimum absolute atomic E-state index is 0.0642. The number of benzene rings is 1. The van der Waals surface area contributed by atoms with Crippen LogP contribution >= 0.6 is 23.5 Å². The molecule has 0 aliphatic carbocycles. The first kappa shape index (κ1) is 36.3. The fraction of sp³-hybridized carbons (Fsp3) is 0.621. The van der Waals surface area contributed by atoms with E-state index in [2.05, 4.69) is 21.3 Å². The summed E-state index contributed by atoms with van der Waals surface area (Å²) >= 11 is 3.01. The van der Waals surface area contributed by atoms with E-state index in [-0.39, 0.29) is 24.2 Å². The van der Waals surface area contributed by atoms with Crippen LogP contribution in [0.25, 0.3) is 0 Å². The van der Waals surface area contributed by atoms with Crippen LogP contribution in [0, 0.1) is 11.8 Å². The number of thioether (sulfide) groups is 2. The highest BCUT2D eigenvalue weighted by molar-refractivity contribution is 7.98. The Kier molecular flexibility index (Phi) is 17.2. The van der Waals surface area contributed by atoms with Crippen molar-refractivity contribution in [1.29, 1.82) is 0 Å². The molecule has 6 N–H and O–H groups in total. The van der Waals surface area contributed by atoms with Gasteiger partial charge in [-0.15, -0.1) is 0 Å². The van der Waals surface area contributed by atoms with Gasteiger partial charge in [-0.25, -0.2) is 0 Å². The summed E-state index contributed by atoms with van der Waals surface area (Å²) in [7, 11) is 0. The molecule has 0 saturated heterocycles. The van der Waals surface area contributed by atoms with E-state index in [1.54, 1.807) is 24.9 Å². The summed E-state index contributed by atoms with van der Waals surface area (Å²) in [6.45, 7) is 9.12. The van der Waals surface area contributed by atoms with E-state index >= 15 is 0 Å². The first-order valence-electron chi connectivity index (χ1n) is 14.0. The first-order valence-corrected chi connectivity index (χ1v) is 16.5. The molecule has 0 unspecified atom stereocenters. The minimum Gasteiger partial charge on any atom is -0.368 e. The summed E-state index contributed by atoms with van der Waals surface area (Å²) < 4.78 is 0. The average Bonchev–Trinajstić information content (AvgIpc) is 2.92. The number of hydrogen-bond donors (Lipinski definition) is 5. The van der Waals surface area contributed by atoms with E-state index in [1.807, 2.05) is 58.0 Å². The molecule has 0 bridgehead atoms. The fourth-order valence-corrected chi connectivity index (χ4v) is 5.37. The largest absolute Gasteiger partial charge is 0.368 e. The SMILES string of the molecule is CC[C@H](C)[C@H](NC(=O)[C@H](CC(C)C)NC(=O)[C@H](C)NC(=O)CCSCc1ccccc1)C(=O)N[C@@H](CSC)C(N)=O. The number of primary amides is 1. The molecule has 0 saturated carbocycles. The maximum absolute atomic E-state index is 13.3. The number of nitrogens with two attached hydrogens (primary N) is 1. The van der Waals surface area contributed by atoms with Crippen LogP contribution in [0.3, 0.4) is 0 Å². The lowest BCUT2D eigenvalue weighted by Gasteiger charge is -2.28. The number of nitrogens with one attached hydrogen (secondary N) is 4. The van der Waals surface area contributed by atoms with Crippen LogP contribution in [-0.4, -0.2) is 71.5 Å². The van der Waals surface area contributed by atoms with Crippen molar-refractivity contribution in [1.82, 2.24) is 21.3 Å². The van der Waals surface area contributed by atoms with Gasteiger partial charge < -0.3 is 27.0 Å². The van der Waals surface area contributed by atoms with Gasteiger partial charge in [-0.05, 0) is 37.0 Å². The van der Waals surface area contributed by atoms with Gasteiger partial charge in [0, 0.05) is 23.7 Å². The van der Waals surface area contributed by atoms with E-state index in [1.165, 1.54) is 17.3 Å². The van der Waals surface area contributed by atoms with Gasteiger partial charge in [0.15, 0.2) is 0 Å². The molecule has 0 heterocycles. The number of rotatable bonds is 19. The summed E-state index contributed by atoms with van der Waals surface area (Å²) in [5.41, 5.74) is 6.61. The molecule has 5 amide bonds. The zero-order valence-electron chi connectivity index (χ0n) is 25.0. The lowest BCUT2D eigenvalue weighted by atomic mass is 9.96. The Morgan fingerprint density at radius 2 is 1.49 bits per heavy atom. The standard InChI is InChI=1S/C29H47N5O5S2/c1-7-19(4)25(29(39)33-23(17-40-6)26(30)36)34-28(38)22(15-18(2)3)32-27(37)20(5)31-24(35)13-14-41-16-21-11-9-8-10-12-21/h8-12,18-20,22-23,25H,7,13-17H2,1-6H3,(H2,30,36)(H,31,35)(H,32,37)(H,33,39)(H,34,38)/t19-,20-,22-,23-,25-/m0/s1. The Balaban J connectivity index is 2.77. The van der Waals surface area contributed by atoms with Crippen LogP contribution in [0.1, 0.15) is 59.4 Å². The van der Waals surface area contributed by atoms with Crippen molar-refractivity contribution < 1.29 is 24.0 Å². The number of hydrogen-bond acceptors (Lipinski definition) is 7. The molecule has 1 rings (SSSR count). The Morgan fingerprint density at radius 1 is 0.854 bits per heavy atom. The highest BCUT2D eigenvalue weighted by atomic mass is 32.2. The zero-order chi connectivity index (χ0) is 30.9. The van der Waals surface area contributed by atoms with Gasteiger partial charge in [-0.1, -0.05) is 64.4 Å². The van der Waals surface area contributed by atoms with Gasteiger partial charge in [-0.2, -0.15) is 23.5 Å². The molecule has 12 heteroatoms. The van der Waals surface area contributed by atoms with Crippen molar-refractivity contribution in [2.45, 2.75) is 83.8 Å². The Morgan fingerprint density at radius 3 is 2.05 bits per heavy atom. The highest BCUT2D eigenvalue weighted by Crippen LogP contribution is 2.13. The summed E-state index contributed by atoms with van der Waals surface area (Å²) in [5.74, 6) is -0.872. The molecule has 1 aromatic carbocycles. The average molecular weight is 610 g/mol. The van der Waals surface area contributed by atoms with E-state index in [4.69, 9.17) is 5.73 Å². The maximum atomic E-state index is 13.3. The number of carbonyl (C=O) groups is 5. The Hall–Kier alpha value is -2.73. The highest BCUT2D eigenvalue weighted by Gasteiger charge is 2.32. The molecular weight excluding hydrogens is 562 g/mol. The second-order valence-electron chi connectivity index (χ2n) is 10.6. The predicted molar refractivity (Wildman–Crippen MR) is 167 cm³/mol. The molecule has 0 aliphatic rings. The van der Waals surface area contributed by atoms with Gasteiger partial charge >= 0.3 is 0 Å². The minimum atomic E-state index is -0.923. The summed E-state index contributed by atoms with van der Waals surface area (Å²) in [6, 6.07) is 6.41. The second kappa shape index (κ2) is 19.4. The molecule has 0 aromatic heterocycles. The van der Waals surface area contributed by atoms with Gasteiger partial charge in [-0.3, -0.25) is 24.0 Å². The zero-order valence-corrected chi connectivity index (χ0v) is 26.7. The van der Waals surface area contributed by atoms with Crippen molar-refractivity contribution >= 4 is 53.1 Å². The van der Waals surface area contributed by atoms with Gasteiger partial charge in [0.05, 0.1) is 0 Å². The summed E-state index contributed by atoms with van der Waals surface area (Å²) in [6.07, 6.45) is 2.98. The smallest absolute Gasteiger partial charge is 0.243 e. The molecule has 0 fully saturated rings. The Bertz CT molecular complexity index is 995. The van der Waals surface area contributed by atoms with Crippen molar-refractivity contribution in [3.8, 4) is 0 Å². The van der Waals surface area contributed by atoms with E-state index < -0.39 is 47.8 Å². The molecule has 41 heavy (non-hydrogen) atoms. The van der Waals surface area contributed by atoms with E-state index in [9.17, 15) is 24.0 Å². The van der Waals surface area contributed by atoms with Crippen LogP contribution in [0.2, 0.25) is 0 Å². The van der Waals surface area contributed by atoms with Crippen molar-refractivity contribution in [2.75, 3.05) is 17.8 Å². The monoisotopic (exact) mass is 609 g/mol. The molecule has 1 aromatic rings. The molecule has 0 radical (unpaired) electrons. The maximum Gasteiger partial charge on any atom is 0.243 e. The lowest BCUT2D eigenvalue weighted by molar-refractivity contribution is -0.135. The van der Waals surface area contributed by atoms with E-state index in [0.717, 1.165) is 5.75 Å². The topological polar surface area (TPSA) is 159 Å². The summed E-state index contributed by atoms with van der Waals surface area (Å²) in [5, 5.41) is 10.9. The third kappa shape index (κ3) is 14.1. The normalized spacial score (nSPS) is 14.7. The fourth-order valence-electron chi connectivity index (χ4n) is 3.89. The molecule has 10 nitrogen and oxygen atoms in total. The molecule has 0 aliphatic heterocycles. The molecule has 5 atom stereocenters. The van der Waals surface area contributed by atoms with Crippen LogP contribution in [-0.2, 0) is 29.7 Å². The van der Waals surface area contributed by atoms with Gasteiger partial charge in [0.1, 0.15) is 24.2 Å². The Labute approximate surface area is 252 Å². The second-order valence-corrected chi connectivity index (χ2v) is 12.6. The van der Waals surface area contributed by atoms with Gasteiger partial charge in [0.25, 0.3) is 0 Å². The number of carbonyl (C=O) groups excluding carboxylic acids is 5. The van der Waals surface area contributed by atoms with Gasteiger partial charge in [0.2, 0.25) is 29.5 Å².